The number of thiazole rings is 1. The molecule has 2 aromatic heterocycles. The van der Waals surface area contributed by atoms with Gasteiger partial charge in [-0.2, -0.15) is 13.2 Å². The molecule has 0 spiro atoms. The number of aromatic nitrogens is 1. The van der Waals surface area contributed by atoms with Gasteiger partial charge in [0.15, 0.2) is 4.80 Å². The van der Waals surface area contributed by atoms with E-state index in [0.717, 1.165) is 23.5 Å². The molecule has 0 amide bonds. The third kappa shape index (κ3) is 5.68. The fourth-order valence-corrected chi connectivity index (χ4v) is 5.42. The molecular weight excluding hydrogens is 561 g/mol. The van der Waals surface area contributed by atoms with Gasteiger partial charge in [0.2, 0.25) is 0 Å². The van der Waals surface area contributed by atoms with Crippen LogP contribution in [0.3, 0.4) is 0 Å². The molecule has 4 aromatic rings. The second kappa shape index (κ2) is 11.1. The Morgan fingerprint density at radius 2 is 1.85 bits per heavy atom. The number of furan rings is 1. The van der Waals surface area contributed by atoms with Gasteiger partial charge in [-0.25, -0.2) is 9.79 Å². The van der Waals surface area contributed by atoms with Crippen LogP contribution in [0.15, 0.2) is 86.1 Å². The zero-order valence-electron chi connectivity index (χ0n) is 22.0. The van der Waals surface area contributed by atoms with Crippen molar-refractivity contribution in [3.63, 3.8) is 0 Å². The number of nitrogens with zero attached hydrogens (tertiary/aromatic N) is 2. The molecule has 41 heavy (non-hydrogen) atoms. The van der Waals surface area contributed by atoms with Crippen LogP contribution in [0.2, 0.25) is 0 Å². The Kier molecular flexibility index (Phi) is 7.59. The Morgan fingerprint density at radius 1 is 1.10 bits per heavy atom. The van der Waals surface area contributed by atoms with E-state index >= 15 is 0 Å². The van der Waals surface area contributed by atoms with E-state index in [1.54, 1.807) is 56.5 Å². The summed E-state index contributed by atoms with van der Waals surface area (Å²) in [6.07, 6.45) is -2.94. The molecular formula is C29H23F3N2O6S. The van der Waals surface area contributed by atoms with E-state index in [9.17, 15) is 22.8 Å². The average Bonchev–Trinajstić information content (AvgIpc) is 3.54. The lowest BCUT2D eigenvalue weighted by molar-refractivity contribution is -0.138. The molecule has 0 saturated carbocycles. The highest BCUT2D eigenvalue weighted by Crippen LogP contribution is 2.32. The highest BCUT2D eigenvalue weighted by atomic mass is 32.1. The van der Waals surface area contributed by atoms with E-state index in [2.05, 4.69) is 4.99 Å². The Labute approximate surface area is 235 Å². The van der Waals surface area contributed by atoms with Crippen molar-refractivity contribution in [1.82, 2.24) is 4.57 Å². The summed E-state index contributed by atoms with van der Waals surface area (Å²) in [5.74, 6) is 0.746. The molecule has 5 rings (SSSR count). The zero-order chi connectivity index (χ0) is 29.3. The van der Waals surface area contributed by atoms with E-state index in [1.807, 2.05) is 0 Å². The molecule has 3 heterocycles. The summed E-state index contributed by atoms with van der Waals surface area (Å²) in [5, 5.41) is 0. The van der Waals surface area contributed by atoms with Gasteiger partial charge >= 0.3 is 12.1 Å². The van der Waals surface area contributed by atoms with Crippen molar-refractivity contribution in [2.24, 2.45) is 4.99 Å². The van der Waals surface area contributed by atoms with Crippen molar-refractivity contribution in [1.29, 1.82) is 0 Å². The third-order valence-electron chi connectivity index (χ3n) is 6.36. The molecule has 1 aliphatic rings. The number of esters is 1. The van der Waals surface area contributed by atoms with Gasteiger partial charge in [0, 0.05) is 6.08 Å². The second-order valence-electron chi connectivity index (χ2n) is 8.96. The number of allylic oxidation sites excluding steroid dienone is 1. The van der Waals surface area contributed by atoms with Gasteiger partial charge in [-0.15, -0.1) is 0 Å². The van der Waals surface area contributed by atoms with Crippen LogP contribution in [0.25, 0.3) is 6.08 Å². The minimum atomic E-state index is -4.48. The van der Waals surface area contributed by atoms with Gasteiger partial charge in [-0.1, -0.05) is 29.5 Å². The van der Waals surface area contributed by atoms with Crippen LogP contribution in [0, 0.1) is 0 Å². The topological polar surface area (TPSA) is 92.3 Å². The maximum absolute atomic E-state index is 13.6. The Morgan fingerprint density at radius 3 is 2.54 bits per heavy atom. The number of hydrogen-bond acceptors (Lipinski definition) is 8. The maximum atomic E-state index is 13.6. The molecule has 0 bridgehead atoms. The summed E-state index contributed by atoms with van der Waals surface area (Å²) in [5.41, 5.74) is 0.131. The first-order chi connectivity index (χ1) is 19.6. The normalized spacial score (nSPS) is 15.4. The summed E-state index contributed by atoms with van der Waals surface area (Å²) in [4.78, 5) is 31.3. The smallest absolute Gasteiger partial charge is 0.416 e. The molecule has 0 aliphatic carbocycles. The Balaban J connectivity index is 1.47. The molecule has 1 atom stereocenters. The summed E-state index contributed by atoms with van der Waals surface area (Å²) >= 11 is 1.13. The van der Waals surface area contributed by atoms with E-state index in [0.29, 0.717) is 37.9 Å². The molecule has 0 saturated heterocycles. The van der Waals surface area contributed by atoms with Crippen LogP contribution in [0.1, 0.15) is 35.6 Å². The van der Waals surface area contributed by atoms with Crippen LogP contribution in [-0.4, -0.2) is 24.8 Å². The number of fused-ring (bicyclic) bond motifs is 1. The lowest BCUT2D eigenvalue weighted by Gasteiger charge is -2.24. The third-order valence-corrected chi connectivity index (χ3v) is 7.34. The number of benzene rings is 2. The van der Waals surface area contributed by atoms with E-state index in [-0.39, 0.29) is 23.5 Å². The molecule has 0 fully saturated rings. The van der Waals surface area contributed by atoms with Gasteiger partial charge in [-0.3, -0.25) is 9.36 Å². The fourth-order valence-electron chi connectivity index (χ4n) is 4.39. The number of carbonyl (C=O) groups excluding carboxylic acids is 1. The Bertz CT molecular complexity index is 1820. The molecule has 1 unspecified atom stereocenters. The molecule has 212 valence electrons. The molecule has 0 N–H and O–H groups in total. The number of methoxy groups -OCH3 is 2. The van der Waals surface area contributed by atoms with E-state index in [1.165, 1.54) is 23.8 Å². The predicted octanol–water partition coefficient (Wildman–Crippen LogP) is 4.61. The summed E-state index contributed by atoms with van der Waals surface area (Å²) in [6, 6.07) is 14.0. The highest BCUT2D eigenvalue weighted by Gasteiger charge is 2.33. The molecule has 0 radical (unpaired) electrons. The van der Waals surface area contributed by atoms with Gasteiger partial charge in [-0.05, 0) is 55.0 Å². The lowest BCUT2D eigenvalue weighted by atomic mass is 9.96. The number of ether oxygens (including phenoxy) is 3. The predicted molar refractivity (Wildman–Crippen MR) is 143 cm³/mol. The first kappa shape index (κ1) is 28.0. The van der Waals surface area contributed by atoms with Crippen molar-refractivity contribution in [3.05, 3.63) is 114 Å². The first-order valence-corrected chi connectivity index (χ1v) is 13.0. The quantitative estimate of drug-likeness (QED) is 0.295. The molecule has 8 nitrogen and oxygen atoms in total. The summed E-state index contributed by atoms with van der Waals surface area (Å²) < 4.78 is 62.1. The Hall–Kier alpha value is -4.58. The van der Waals surface area contributed by atoms with Crippen molar-refractivity contribution in [3.8, 4) is 11.5 Å². The first-order valence-electron chi connectivity index (χ1n) is 12.2. The van der Waals surface area contributed by atoms with Gasteiger partial charge in [0.25, 0.3) is 5.56 Å². The van der Waals surface area contributed by atoms with Crippen molar-refractivity contribution < 1.29 is 36.6 Å². The molecule has 12 heteroatoms. The molecule has 2 aromatic carbocycles. The number of hydrogen-bond donors (Lipinski definition) is 0. The minimum absolute atomic E-state index is 0.0430. The molecule has 1 aliphatic heterocycles. The van der Waals surface area contributed by atoms with Crippen molar-refractivity contribution >= 4 is 23.4 Å². The maximum Gasteiger partial charge on any atom is 0.416 e. The van der Waals surface area contributed by atoms with Crippen LogP contribution < -0.4 is 24.4 Å². The van der Waals surface area contributed by atoms with Crippen LogP contribution in [0.4, 0.5) is 13.2 Å². The standard InChI is InChI=1S/C29H23F3N2O6S/c1-16-24(27(36)38-3)25(17-7-9-19(37-2)10-8-17)34-26(35)23(41-28(34)33-16)14-21-11-12-22(40-21)15-39-20-6-4-5-18(13-20)29(30,31)32/h4-14,25H,15H2,1-3H3. The zero-order valence-corrected chi connectivity index (χ0v) is 22.8. The number of alkyl halides is 3. The van der Waals surface area contributed by atoms with Gasteiger partial charge < -0.3 is 18.6 Å². The lowest BCUT2D eigenvalue weighted by Crippen LogP contribution is -2.39. The van der Waals surface area contributed by atoms with Crippen LogP contribution in [-0.2, 0) is 22.3 Å². The number of carbonyl (C=O) groups is 1. The largest absolute Gasteiger partial charge is 0.497 e. The summed E-state index contributed by atoms with van der Waals surface area (Å²) in [7, 11) is 2.81. The fraction of sp³-hybridized carbons (Fsp3) is 0.207. The second-order valence-corrected chi connectivity index (χ2v) is 9.97. The van der Waals surface area contributed by atoms with Crippen LogP contribution in [0.5, 0.6) is 11.5 Å². The van der Waals surface area contributed by atoms with Crippen molar-refractivity contribution in [2.75, 3.05) is 14.2 Å². The highest BCUT2D eigenvalue weighted by molar-refractivity contribution is 7.07. The van der Waals surface area contributed by atoms with Gasteiger partial charge in [0.05, 0.1) is 41.6 Å². The van der Waals surface area contributed by atoms with Crippen LogP contribution >= 0.6 is 11.3 Å². The monoisotopic (exact) mass is 584 g/mol. The minimum Gasteiger partial charge on any atom is -0.497 e. The average molecular weight is 585 g/mol. The number of halogens is 3. The van der Waals surface area contributed by atoms with E-state index in [4.69, 9.17) is 18.6 Å². The SMILES string of the molecule is COC(=O)C1=C(C)N=c2sc(=Cc3ccc(COc4cccc(C(F)(F)F)c4)o3)c(=O)n2C1c1ccc(OC)cc1. The van der Waals surface area contributed by atoms with E-state index < -0.39 is 23.8 Å². The summed E-state index contributed by atoms with van der Waals surface area (Å²) in [6.45, 7) is 1.57. The van der Waals surface area contributed by atoms with Crippen molar-refractivity contribution in [2.45, 2.75) is 25.7 Å². The van der Waals surface area contributed by atoms with Gasteiger partial charge in [0.1, 0.15) is 29.6 Å². The number of rotatable bonds is 7.